The van der Waals surface area contributed by atoms with Crippen LogP contribution in [0.1, 0.15) is 19.8 Å². The second-order valence-electron chi connectivity index (χ2n) is 3.47. The highest BCUT2D eigenvalue weighted by Crippen LogP contribution is 2.07. The van der Waals surface area contributed by atoms with Crippen molar-refractivity contribution in [3.05, 3.63) is 0 Å². The second kappa shape index (κ2) is 3.72. The van der Waals surface area contributed by atoms with Crippen LogP contribution in [0.3, 0.4) is 0 Å². The van der Waals surface area contributed by atoms with Crippen LogP contribution in [-0.2, 0) is 10.0 Å². The van der Waals surface area contributed by atoms with Crippen LogP contribution in [0.2, 0.25) is 0 Å². The lowest BCUT2D eigenvalue weighted by molar-refractivity contribution is 0.366. The van der Waals surface area contributed by atoms with Crippen molar-refractivity contribution in [3.63, 3.8) is 0 Å². The predicted molar refractivity (Wildman–Crippen MR) is 48.5 cm³/mol. The van der Waals surface area contributed by atoms with Gasteiger partial charge in [-0.1, -0.05) is 0 Å². The van der Waals surface area contributed by atoms with E-state index in [0.717, 1.165) is 19.4 Å². The van der Waals surface area contributed by atoms with Crippen LogP contribution in [0.4, 0.5) is 0 Å². The molecule has 0 aromatic rings. The van der Waals surface area contributed by atoms with Crippen LogP contribution in [0.15, 0.2) is 0 Å². The first-order chi connectivity index (χ1) is 5.47. The zero-order valence-corrected chi connectivity index (χ0v) is 8.32. The van der Waals surface area contributed by atoms with Gasteiger partial charge in [-0.2, -0.15) is 0 Å². The number of piperidine rings is 1. The summed E-state index contributed by atoms with van der Waals surface area (Å²) in [6.07, 6.45) is 3.17. The van der Waals surface area contributed by atoms with E-state index in [1.807, 2.05) is 0 Å². The Labute approximate surface area is 73.8 Å². The molecule has 0 amide bonds. The van der Waals surface area contributed by atoms with E-state index in [1.165, 1.54) is 6.26 Å². The van der Waals surface area contributed by atoms with Crippen molar-refractivity contribution < 1.29 is 8.42 Å². The third-order valence-electron chi connectivity index (χ3n) is 2.04. The quantitative estimate of drug-likeness (QED) is 0.630. The van der Waals surface area contributed by atoms with E-state index in [1.54, 1.807) is 0 Å². The van der Waals surface area contributed by atoms with Gasteiger partial charge in [0.25, 0.3) is 0 Å². The van der Waals surface area contributed by atoms with Gasteiger partial charge in [0.05, 0.1) is 6.26 Å². The standard InChI is InChI=1S/C7H16N2O2S/c1-6-3-4-7(5-8-6)9-12(2,10)11/h6-9H,3-5H2,1-2H3. The molecule has 4 nitrogen and oxygen atoms in total. The molecule has 0 bridgehead atoms. The van der Waals surface area contributed by atoms with Crippen molar-refractivity contribution in [2.45, 2.75) is 31.8 Å². The molecule has 1 aliphatic heterocycles. The SMILES string of the molecule is CC1CCC(NS(C)(=O)=O)CN1. The molecule has 2 N–H and O–H groups in total. The third-order valence-corrected chi connectivity index (χ3v) is 2.80. The lowest BCUT2D eigenvalue weighted by atomic mass is 10.0. The molecule has 2 unspecified atom stereocenters. The van der Waals surface area contributed by atoms with Crippen LogP contribution in [0.25, 0.3) is 0 Å². The van der Waals surface area contributed by atoms with Crippen molar-refractivity contribution in [1.82, 2.24) is 10.0 Å². The first kappa shape index (κ1) is 9.95. The fraction of sp³-hybridized carbons (Fsp3) is 1.00. The Morgan fingerprint density at radius 3 is 2.50 bits per heavy atom. The summed E-state index contributed by atoms with van der Waals surface area (Å²) in [7, 11) is -3.03. The van der Waals surface area contributed by atoms with Gasteiger partial charge in [-0.05, 0) is 19.8 Å². The number of sulfonamides is 1. The average molecular weight is 192 g/mol. The van der Waals surface area contributed by atoms with Gasteiger partial charge in [0, 0.05) is 18.6 Å². The second-order valence-corrected chi connectivity index (χ2v) is 5.25. The Morgan fingerprint density at radius 1 is 1.42 bits per heavy atom. The van der Waals surface area contributed by atoms with Crippen molar-refractivity contribution in [1.29, 1.82) is 0 Å². The molecule has 2 atom stereocenters. The fourth-order valence-electron chi connectivity index (χ4n) is 1.40. The normalized spacial score (nSPS) is 31.8. The van der Waals surface area contributed by atoms with Gasteiger partial charge in [0.15, 0.2) is 0 Å². The number of rotatable bonds is 2. The molecule has 1 saturated heterocycles. The Morgan fingerprint density at radius 2 is 2.08 bits per heavy atom. The summed E-state index contributed by atoms with van der Waals surface area (Å²) in [5.74, 6) is 0. The molecule has 0 aromatic heterocycles. The first-order valence-corrected chi connectivity index (χ1v) is 6.07. The van der Waals surface area contributed by atoms with E-state index < -0.39 is 10.0 Å². The van der Waals surface area contributed by atoms with Gasteiger partial charge in [0.1, 0.15) is 0 Å². The monoisotopic (exact) mass is 192 g/mol. The van der Waals surface area contributed by atoms with Gasteiger partial charge in [-0.15, -0.1) is 0 Å². The van der Waals surface area contributed by atoms with E-state index in [0.29, 0.717) is 6.04 Å². The minimum absolute atomic E-state index is 0.0798. The number of hydrogen-bond acceptors (Lipinski definition) is 3. The maximum absolute atomic E-state index is 10.8. The van der Waals surface area contributed by atoms with E-state index in [9.17, 15) is 8.42 Å². The number of hydrogen-bond donors (Lipinski definition) is 2. The molecule has 12 heavy (non-hydrogen) atoms. The summed E-state index contributed by atoms with van der Waals surface area (Å²) in [4.78, 5) is 0. The molecule has 0 aliphatic carbocycles. The molecule has 1 fully saturated rings. The van der Waals surface area contributed by atoms with Crippen LogP contribution in [0, 0.1) is 0 Å². The third kappa shape index (κ3) is 3.51. The lowest BCUT2D eigenvalue weighted by Crippen LogP contribution is -2.48. The fourth-order valence-corrected chi connectivity index (χ4v) is 2.21. The predicted octanol–water partition coefficient (Wildman–Crippen LogP) is -0.324. The zero-order valence-electron chi connectivity index (χ0n) is 7.50. The van der Waals surface area contributed by atoms with Crippen molar-refractivity contribution in [3.8, 4) is 0 Å². The summed E-state index contributed by atoms with van der Waals surface area (Å²) >= 11 is 0. The molecule has 0 saturated carbocycles. The average Bonchev–Trinajstić information content (AvgIpc) is 1.91. The van der Waals surface area contributed by atoms with E-state index in [-0.39, 0.29) is 6.04 Å². The highest BCUT2D eigenvalue weighted by Gasteiger charge is 2.19. The summed E-state index contributed by atoms with van der Waals surface area (Å²) < 4.78 is 24.3. The Hall–Kier alpha value is -0.130. The minimum Gasteiger partial charge on any atom is -0.313 e. The largest absolute Gasteiger partial charge is 0.313 e. The highest BCUT2D eigenvalue weighted by atomic mass is 32.2. The molecule has 0 aromatic carbocycles. The van der Waals surface area contributed by atoms with Crippen LogP contribution >= 0.6 is 0 Å². The molecule has 1 rings (SSSR count). The van der Waals surface area contributed by atoms with Gasteiger partial charge in [0.2, 0.25) is 10.0 Å². The summed E-state index contributed by atoms with van der Waals surface area (Å²) in [5, 5.41) is 3.23. The molecular weight excluding hydrogens is 176 g/mol. The van der Waals surface area contributed by atoms with Crippen molar-refractivity contribution in [2.75, 3.05) is 12.8 Å². The lowest BCUT2D eigenvalue weighted by Gasteiger charge is -2.27. The Balaban J connectivity index is 2.36. The summed E-state index contributed by atoms with van der Waals surface area (Å²) in [6.45, 7) is 2.85. The van der Waals surface area contributed by atoms with Crippen LogP contribution in [0.5, 0.6) is 0 Å². The van der Waals surface area contributed by atoms with Crippen LogP contribution < -0.4 is 10.0 Å². The maximum atomic E-state index is 10.8. The summed E-state index contributed by atoms with van der Waals surface area (Å²) in [6, 6.07) is 0.596. The van der Waals surface area contributed by atoms with Crippen LogP contribution in [-0.4, -0.2) is 33.3 Å². The molecule has 72 valence electrons. The zero-order chi connectivity index (χ0) is 9.19. The topological polar surface area (TPSA) is 58.2 Å². The smallest absolute Gasteiger partial charge is 0.208 e. The van der Waals surface area contributed by atoms with Gasteiger partial charge >= 0.3 is 0 Å². The highest BCUT2D eigenvalue weighted by molar-refractivity contribution is 7.88. The summed E-state index contributed by atoms with van der Waals surface area (Å²) in [5.41, 5.74) is 0. The molecule has 0 spiro atoms. The van der Waals surface area contributed by atoms with E-state index >= 15 is 0 Å². The first-order valence-electron chi connectivity index (χ1n) is 4.18. The molecule has 0 radical (unpaired) electrons. The van der Waals surface area contributed by atoms with E-state index in [2.05, 4.69) is 17.0 Å². The Bertz CT molecular complexity index is 230. The van der Waals surface area contributed by atoms with Crippen molar-refractivity contribution >= 4 is 10.0 Å². The molecular formula is C7H16N2O2S. The van der Waals surface area contributed by atoms with Gasteiger partial charge < -0.3 is 5.32 Å². The molecule has 5 heteroatoms. The minimum atomic E-state index is -3.03. The van der Waals surface area contributed by atoms with E-state index in [4.69, 9.17) is 0 Å². The molecule has 1 heterocycles. The molecule has 1 aliphatic rings. The maximum Gasteiger partial charge on any atom is 0.208 e. The Kier molecular flexibility index (Phi) is 3.09. The van der Waals surface area contributed by atoms with Gasteiger partial charge in [-0.25, -0.2) is 13.1 Å². The number of nitrogens with one attached hydrogen (secondary N) is 2. The van der Waals surface area contributed by atoms with Gasteiger partial charge in [-0.3, -0.25) is 0 Å². The van der Waals surface area contributed by atoms with Crippen molar-refractivity contribution in [2.24, 2.45) is 0 Å².